The number of amides is 1. The van der Waals surface area contributed by atoms with Crippen LogP contribution in [0.15, 0.2) is 12.1 Å². The second-order valence-corrected chi connectivity index (χ2v) is 5.91. The minimum absolute atomic E-state index is 0.0443. The van der Waals surface area contributed by atoms with E-state index in [1.165, 1.54) is 4.88 Å². The molecule has 4 heteroatoms. The van der Waals surface area contributed by atoms with Gasteiger partial charge in [0, 0.05) is 16.2 Å². The molecule has 1 rings (SSSR count). The van der Waals surface area contributed by atoms with E-state index in [4.69, 9.17) is 0 Å². The monoisotopic (exact) mass is 303 g/mol. The molecule has 90 valence electrons. The summed E-state index contributed by atoms with van der Waals surface area (Å²) in [6.07, 6.45) is 0.990. The first kappa shape index (κ1) is 13.7. The Bertz CT molecular complexity index is 349. The fraction of sp³-hybridized carbons (Fsp3) is 0.583. The van der Waals surface area contributed by atoms with Crippen LogP contribution in [0.5, 0.6) is 0 Å². The van der Waals surface area contributed by atoms with Crippen LogP contribution in [0.3, 0.4) is 0 Å². The van der Waals surface area contributed by atoms with Gasteiger partial charge in [-0.15, -0.1) is 11.3 Å². The Kier molecular flexibility index (Phi) is 5.49. The number of aryl methyl sites for hydroxylation is 1. The first-order valence-corrected chi connectivity index (χ1v) is 7.47. The number of carbonyl (C=O) groups excluding carboxylic acids is 1. The van der Waals surface area contributed by atoms with Crippen molar-refractivity contribution in [3.8, 4) is 0 Å². The van der Waals surface area contributed by atoms with E-state index in [0.29, 0.717) is 5.92 Å². The molecule has 0 fully saturated rings. The summed E-state index contributed by atoms with van der Waals surface area (Å²) in [5.41, 5.74) is 0. The average molecular weight is 304 g/mol. The summed E-state index contributed by atoms with van der Waals surface area (Å²) < 4.78 is 0. The van der Waals surface area contributed by atoms with E-state index in [0.717, 1.165) is 16.6 Å². The van der Waals surface area contributed by atoms with E-state index in [9.17, 15) is 4.79 Å². The van der Waals surface area contributed by atoms with Gasteiger partial charge >= 0.3 is 0 Å². The van der Waals surface area contributed by atoms with Crippen LogP contribution in [0.4, 0.5) is 0 Å². The Morgan fingerprint density at radius 3 is 2.62 bits per heavy atom. The van der Waals surface area contributed by atoms with Gasteiger partial charge in [-0.1, -0.05) is 36.7 Å². The largest absolute Gasteiger partial charge is 0.348 e. The van der Waals surface area contributed by atoms with Crippen LogP contribution in [0.25, 0.3) is 0 Å². The topological polar surface area (TPSA) is 29.1 Å². The molecule has 1 atom stereocenters. The summed E-state index contributed by atoms with van der Waals surface area (Å²) in [4.78, 5) is 14.0. The van der Waals surface area contributed by atoms with E-state index in [1.54, 1.807) is 11.3 Å². The van der Waals surface area contributed by atoms with Crippen molar-refractivity contribution >= 4 is 33.2 Å². The van der Waals surface area contributed by atoms with Gasteiger partial charge in [0.2, 0.25) is 0 Å². The van der Waals surface area contributed by atoms with Crippen LogP contribution < -0.4 is 5.32 Å². The smallest absolute Gasteiger partial charge is 0.261 e. The first-order valence-electron chi connectivity index (χ1n) is 5.54. The van der Waals surface area contributed by atoms with Crippen molar-refractivity contribution < 1.29 is 4.79 Å². The zero-order valence-corrected chi connectivity index (χ0v) is 12.3. The van der Waals surface area contributed by atoms with E-state index in [-0.39, 0.29) is 11.9 Å². The molecule has 0 spiro atoms. The fourth-order valence-electron chi connectivity index (χ4n) is 1.31. The summed E-state index contributed by atoms with van der Waals surface area (Å²) in [6, 6.07) is 4.13. The second kappa shape index (κ2) is 6.40. The molecule has 1 N–H and O–H groups in total. The van der Waals surface area contributed by atoms with Gasteiger partial charge in [0.15, 0.2) is 0 Å². The fourth-order valence-corrected chi connectivity index (χ4v) is 3.07. The molecule has 0 bridgehead atoms. The SMILES string of the molecule is CCc1ccc(C(=O)NC(CBr)C(C)C)s1. The molecule has 0 aliphatic rings. The second-order valence-electron chi connectivity index (χ2n) is 4.10. The van der Waals surface area contributed by atoms with Gasteiger partial charge in [-0.25, -0.2) is 0 Å². The van der Waals surface area contributed by atoms with Crippen molar-refractivity contribution in [2.24, 2.45) is 5.92 Å². The number of hydrogen-bond acceptors (Lipinski definition) is 2. The maximum atomic E-state index is 11.9. The van der Waals surface area contributed by atoms with Crippen molar-refractivity contribution in [3.05, 3.63) is 21.9 Å². The number of thiophene rings is 1. The summed E-state index contributed by atoms with van der Waals surface area (Å²) in [5, 5.41) is 3.84. The van der Waals surface area contributed by atoms with Gasteiger partial charge in [0.25, 0.3) is 5.91 Å². The molecule has 1 aromatic heterocycles. The molecule has 0 saturated heterocycles. The molecule has 0 aliphatic carbocycles. The number of halogens is 1. The molecule has 1 aromatic rings. The minimum atomic E-state index is 0.0443. The molecule has 1 heterocycles. The Balaban J connectivity index is 2.64. The van der Waals surface area contributed by atoms with Crippen LogP contribution in [-0.2, 0) is 6.42 Å². The highest BCUT2D eigenvalue weighted by atomic mass is 79.9. The maximum absolute atomic E-state index is 11.9. The minimum Gasteiger partial charge on any atom is -0.348 e. The molecule has 0 radical (unpaired) electrons. The van der Waals surface area contributed by atoms with E-state index in [2.05, 4.69) is 42.0 Å². The Labute approximate surface area is 110 Å². The van der Waals surface area contributed by atoms with Crippen LogP contribution in [0, 0.1) is 5.92 Å². The van der Waals surface area contributed by atoms with Gasteiger partial charge < -0.3 is 5.32 Å². The third-order valence-electron chi connectivity index (χ3n) is 2.52. The standard InChI is InChI=1S/C12H18BrNOS/c1-4-9-5-6-11(16-9)12(15)14-10(7-13)8(2)3/h5-6,8,10H,4,7H2,1-3H3,(H,14,15). The van der Waals surface area contributed by atoms with Crippen molar-refractivity contribution in [2.45, 2.75) is 33.2 Å². The normalized spacial score (nSPS) is 12.8. The number of nitrogens with one attached hydrogen (secondary N) is 1. The lowest BCUT2D eigenvalue weighted by Gasteiger charge is -2.19. The van der Waals surface area contributed by atoms with Gasteiger partial charge in [-0.05, 0) is 24.5 Å². The quantitative estimate of drug-likeness (QED) is 0.829. The first-order chi connectivity index (χ1) is 7.58. The Morgan fingerprint density at radius 2 is 2.19 bits per heavy atom. The Hall–Kier alpha value is -0.350. The molecule has 0 aliphatic heterocycles. The molecular weight excluding hydrogens is 286 g/mol. The van der Waals surface area contributed by atoms with E-state index < -0.39 is 0 Å². The summed E-state index contributed by atoms with van der Waals surface area (Å²) in [6.45, 7) is 6.32. The molecule has 0 aromatic carbocycles. The zero-order valence-electron chi connectivity index (χ0n) is 9.92. The van der Waals surface area contributed by atoms with E-state index in [1.807, 2.05) is 12.1 Å². The van der Waals surface area contributed by atoms with Crippen molar-refractivity contribution in [2.75, 3.05) is 5.33 Å². The maximum Gasteiger partial charge on any atom is 0.261 e. The Morgan fingerprint density at radius 1 is 1.50 bits per heavy atom. The zero-order chi connectivity index (χ0) is 12.1. The van der Waals surface area contributed by atoms with Crippen molar-refractivity contribution in [1.29, 1.82) is 0 Å². The summed E-state index contributed by atoms with van der Waals surface area (Å²) in [5.74, 6) is 0.483. The van der Waals surface area contributed by atoms with Crippen LogP contribution >= 0.6 is 27.3 Å². The third kappa shape index (κ3) is 3.59. The van der Waals surface area contributed by atoms with Crippen LogP contribution in [0.2, 0.25) is 0 Å². The lowest BCUT2D eigenvalue weighted by Crippen LogP contribution is -2.39. The number of alkyl halides is 1. The highest BCUT2D eigenvalue weighted by Gasteiger charge is 2.16. The van der Waals surface area contributed by atoms with Crippen molar-refractivity contribution in [3.63, 3.8) is 0 Å². The third-order valence-corrected chi connectivity index (χ3v) is 4.45. The summed E-state index contributed by atoms with van der Waals surface area (Å²) >= 11 is 5.00. The highest BCUT2D eigenvalue weighted by Crippen LogP contribution is 2.17. The van der Waals surface area contributed by atoms with Gasteiger partial charge in [0.05, 0.1) is 4.88 Å². The molecule has 1 amide bonds. The molecule has 0 saturated carbocycles. The van der Waals surface area contributed by atoms with Crippen molar-refractivity contribution in [1.82, 2.24) is 5.32 Å². The summed E-state index contributed by atoms with van der Waals surface area (Å²) in [7, 11) is 0. The van der Waals surface area contributed by atoms with Gasteiger partial charge in [0.1, 0.15) is 0 Å². The van der Waals surface area contributed by atoms with Gasteiger partial charge in [-0.2, -0.15) is 0 Å². The van der Waals surface area contributed by atoms with Crippen LogP contribution in [0.1, 0.15) is 35.3 Å². The molecule has 16 heavy (non-hydrogen) atoms. The lowest BCUT2D eigenvalue weighted by atomic mass is 10.1. The number of rotatable bonds is 5. The van der Waals surface area contributed by atoms with Gasteiger partial charge in [-0.3, -0.25) is 4.79 Å². The van der Waals surface area contributed by atoms with E-state index >= 15 is 0 Å². The lowest BCUT2D eigenvalue weighted by molar-refractivity contribution is 0.0936. The molecule has 2 nitrogen and oxygen atoms in total. The van der Waals surface area contributed by atoms with Crippen LogP contribution in [-0.4, -0.2) is 17.3 Å². The number of hydrogen-bond donors (Lipinski definition) is 1. The average Bonchev–Trinajstić information content (AvgIpc) is 2.73. The predicted molar refractivity (Wildman–Crippen MR) is 73.6 cm³/mol. The molecular formula is C12H18BrNOS. The highest BCUT2D eigenvalue weighted by molar-refractivity contribution is 9.09. The molecule has 1 unspecified atom stereocenters. The predicted octanol–water partition coefficient (Wildman–Crippen LogP) is 3.46. The number of carbonyl (C=O) groups is 1.